The van der Waals surface area contributed by atoms with Gasteiger partial charge in [-0.1, -0.05) is 23.2 Å². The number of alkyl halides is 2. The first kappa shape index (κ1) is 19.9. The zero-order valence-electron chi connectivity index (χ0n) is 15.2. The molecule has 152 valence electrons. The van der Waals surface area contributed by atoms with E-state index in [2.05, 4.69) is 20.6 Å². The van der Waals surface area contributed by atoms with Crippen LogP contribution < -0.4 is 10.6 Å². The van der Waals surface area contributed by atoms with Gasteiger partial charge in [0.15, 0.2) is 0 Å². The molecule has 0 radical (unpaired) electrons. The Labute approximate surface area is 175 Å². The number of carbonyl (C=O) groups excluding carboxylic acids is 1. The third-order valence-corrected chi connectivity index (χ3v) is 5.66. The van der Waals surface area contributed by atoms with Crippen LogP contribution in [0.5, 0.6) is 0 Å². The Hall–Kier alpha value is -2.38. The van der Waals surface area contributed by atoms with Crippen molar-refractivity contribution in [2.24, 2.45) is 0 Å². The van der Waals surface area contributed by atoms with Gasteiger partial charge in [-0.15, -0.1) is 0 Å². The van der Waals surface area contributed by atoms with Crippen molar-refractivity contribution >= 4 is 51.5 Å². The smallest absolute Gasteiger partial charge is 0.323 e. The molecule has 3 N–H and O–H groups in total. The Balaban J connectivity index is 1.42. The molecule has 1 aromatic carbocycles. The number of hydrogen-bond acceptors (Lipinski definition) is 2. The summed E-state index contributed by atoms with van der Waals surface area (Å²) in [7, 11) is 0. The van der Waals surface area contributed by atoms with Crippen molar-refractivity contribution in [2.75, 3.05) is 10.6 Å². The van der Waals surface area contributed by atoms with E-state index in [9.17, 15) is 13.6 Å². The molecule has 4 rings (SSSR count). The minimum atomic E-state index is -2.60. The van der Waals surface area contributed by atoms with Crippen LogP contribution in [-0.2, 0) is 0 Å². The van der Waals surface area contributed by atoms with E-state index in [1.54, 1.807) is 24.4 Å². The topological polar surface area (TPSA) is 69.8 Å². The monoisotopic (exact) mass is 438 g/mol. The van der Waals surface area contributed by atoms with Gasteiger partial charge in [0.05, 0.1) is 28.3 Å². The van der Waals surface area contributed by atoms with Gasteiger partial charge in [-0.25, -0.2) is 13.6 Å². The largest absolute Gasteiger partial charge is 0.359 e. The van der Waals surface area contributed by atoms with Crippen LogP contribution >= 0.6 is 23.2 Å². The van der Waals surface area contributed by atoms with Crippen LogP contribution in [0.4, 0.5) is 25.0 Å². The summed E-state index contributed by atoms with van der Waals surface area (Å²) in [5, 5.41) is 7.22. The predicted molar refractivity (Wildman–Crippen MR) is 111 cm³/mol. The highest BCUT2D eigenvalue weighted by Gasteiger charge is 2.36. The highest BCUT2D eigenvalue weighted by atomic mass is 35.5. The van der Waals surface area contributed by atoms with Crippen LogP contribution in [0.3, 0.4) is 0 Å². The van der Waals surface area contributed by atoms with Crippen LogP contribution in [0.15, 0.2) is 36.7 Å². The molecule has 2 aromatic heterocycles. The molecule has 1 aliphatic carbocycles. The van der Waals surface area contributed by atoms with Gasteiger partial charge in [0.1, 0.15) is 0 Å². The molecule has 0 atom stereocenters. The number of halogens is 4. The summed E-state index contributed by atoms with van der Waals surface area (Å²) in [5.74, 6) is -2.70. The lowest BCUT2D eigenvalue weighted by atomic mass is 9.84. The number of aromatic amines is 1. The number of nitrogens with zero attached hydrogens (tertiary/aromatic N) is 1. The second-order valence-electron chi connectivity index (χ2n) is 7.19. The van der Waals surface area contributed by atoms with E-state index in [1.165, 1.54) is 6.20 Å². The summed E-state index contributed by atoms with van der Waals surface area (Å²) in [5.41, 5.74) is 2.43. The average molecular weight is 439 g/mol. The second kappa shape index (κ2) is 7.80. The van der Waals surface area contributed by atoms with E-state index in [0.717, 1.165) is 10.9 Å². The third-order valence-electron chi connectivity index (χ3n) is 5.12. The van der Waals surface area contributed by atoms with Crippen LogP contribution in [0.2, 0.25) is 10.0 Å². The fourth-order valence-electron chi connectivity index (χ4n) is 3.62. The zero-order valence-corrected chi connectivity index (χ0v) is 16.7. The normalized spacial score (nSPS) is 16.7. The van der Waals surface area contributed by atoms with Crippen LogP contribution in [0.25, 0.3) is 10.9 Å². The van der Waals surface area contributed by atoms with Crippen molar-refractivity contribution < 1.29 is 13.6 Å². The summed E-state index contributed by atoms with van der Waals surface area (Å²) < 4.78 is 26.7. The van der Waals surface area contributed by atoms with Gasteiger partial charge in [0.25, 0.3) is 0 Å². The molecular weight excluding hydrogens is 421 g/mol. The maximum atomic E-state index is 13.4. The van der Waals surface area contributed by atoms with Crippen LogP contribution in [-0.4, -0.2) is 21.9 Å². The van der Waals surface area contributed by atoms with Crippen molar-refractivity contribution in [3.05, 3.63) is 52.4 Å². The summed E-state index contributed by atoms with van der Waals surface area (Å²) in [6.45, 7) is 0. The Morgan fingerprint density at radius 3 is 2.66 bits per heavy atom. The number of aromatic nitrogens is 2. The molecule has 5 nitrogen and oxygen atoms in total. The van der Waals surface area contributed by atoms with E-state index in [1.807, 2.05) is 6.07 Å². The van der Waals surface area contributed by atoms with Gasteiger partial charge < -0.3 is 15.6 Å². The number of amides is 2. The number of hydrogen-bond donors (Lipinski definition) is 3. The molecule has 0 aliphatic heterocycles. The number of rotatable bonds is 3. The van der Waals surface area contributed by atoms with Crippen molar-refractivity contribution in [1.82, 2.24) is 9.97 Å². The SMILES string of the molecule is O=C(Nc1cnc(C2CCC(F)(F)CC2)c(Cl)c1)Nc1c[nH]c2cc(Cl)ccc12. The quantitative estimate of drug-likeness (QED) is 0.420. The fraction of sp³-hybridized carbons (Fsp3) is 0.300. The molecular formula is C20H18Cl2F2N4O. The first-order valence-corrected chi connectivity index (χ1v) is 9.94. The Kier molecular flexibility index (Phi) is 5.36. The van der Waals surface area contributed by atoms with Gasteiger partial charge >= 0.3 is 6.03 Å². The molecule has 29 heavy (non-hydrogen) atoms. The van der Waals surface area contributed by atoms with E-state index >= 15 is 0 Å². The molecule has 1 fully saturated rings. The highest BCUT2D eigenvalue weighted by Crippen LogP contribution is 2.42. The number of carbonyl (C=O) groups is 1. The number of anilines is 2. The van der Waals surface area contributed by atoms with Gasteiger partial charge in [0, 0.05) is 40.9 Å². The van der Waals surface area contributed by atoms with Crippen LogP contribution in [0, 0.1) is 0 Å². The number of urea groups is 1. The molecule has 2 amide bonds. The first-order chi connectivity index (χ1) is 13.8. The maximum Gasteiger partial charge on any atom is 0.323 e. The number of fused-ring (bicyclic) bond motifs is 1. The molecule has 3 aromatic rings. The fourth-order valence-corrected chi connectivity index (χ4v) is 4.11. The summed E-state index contributed by atoms with van der Waals surface area (Å²) in [6, 6.07) is 6.45. The van der Waals surface area contributed by atoms with E-state index < -0.39 is 12.0 Å². The van der Waals surface area contributed by atoms with Gasteiger partial charge in [0.2, 0.25) is 5.92 Å². The molecule has 0 bridgehead atoms. The predicted octanol–water partition coefficient (Wildman–Crippen LogP) is 6.81. The number of H-pyrrole nitrogens is 1. The lowest BCUT2D eigenvalue weighted by Crippen LogP contribution is -2.24. The summed E-state index contributed by atoms with van der Waals surface area (Å²) in [6.07, 6.45) is 3.53. The van der Waals surface area contributed by atoms with Gasteiger partial charge in [-0.3, -0.25) is 4.98 Å². The number of nitrogens with one attached hydrogen (secondary N) is 3. The molecule has 9 heteroatoms. The van der Waals surface area contributed by atoms with Crippen molar-refractivity contribution in [3.8, 4) is 0 Å². The molecule has 1 aliphatic rings. The zero-order chi connectivity index (χ0) is 20.6. The lowest BCUT2D eigenvalue weighted by molar-refractivity contribution is -0.0384. The Bertz CT molecular complexity index is 1060. The first-order valence-electron chi connectivity index (χ1n) is 9.19. The summed E-state index contributed by atoms with van der Waals surface area (Å²) >= 11 is 12.3. The van der Waals surface area contributed by atoms with Crippen LogP contribution in [0.1, 0.15) is 37.3 Å². The van der Waals surface area contributed by atoms with Crippen molar-refractivity contribution in [3.63, 3.8) is 0 Å². The standard InChI is InChI=1S/C20H18Cl2F2N4O/c21-12-1-2-14-16(7-12)25-10-17(14)28-19(29)27-13-8-15(22)18(26-9-13)11-3-5-20(23,24)6-4-11/h1-2,7-11,25H,3-6H2,(H2,27,28,29). The molecule has 0 saturated heterocycles. The number of benzene rings is 1. The lowest BCUT2D eigenvalue weighted by Gasteiger charge is -2.28. The number of pyridine rings is 1. The highest BCUT2D eigenvalue weighted by molar-refractivity contribution is 6.32. The second-order valence-corrected chi connectivity index (χ2v) is 8.04. The van der Waals surface area contributed by atoms with Crippen molar-refractivity contribution in [1.29, 1.82) is 0 Å². The molecule has 2 heterocycles. The van der Waals surface area contributed by atoms with E-state index in [-0.39, 0.29) is 18.8 Å². The average Bonchev–Trinajstić information content (AvgIpc) is 3.04. The minimum absolute atomic E-state index is 0.0944. The third kappa shape index (κ3) is 4.46. The minimum Gasteiger partial charge on any atom is -0.359 e. The maximum absolute atomic E-state index is 13.4. The molecule has 0 unspecified atom stereocenters. The molecule has 1 saturated carbocycles. The van der Waals surface area contributed by atoms with Gasteiger partial charge in [-0.2, -0.15) is 0 Å². The van der Waals surface area contributed by atoms with E-state index in [0.29, 0.717) is 40.0 Å². The Morgan fingerprint density at radius 1 is 1.17 bits per heavy atom. The van der Waals surface area contributed by atoms with Crippen molar-refractivity contribution in [2.45, 2.75) is 37.5 Å². The Morgan fingerprint density at radius 2 is 1.93 bits per heavy atom. The van der Waals surface area contributed by atoms with Gasteiger partial charge in [-0.05, 0) is 37.1 Å². The summed E-state index contributed by atoms with van der Waals surface area (Å²) in [4.78, 5) is 19.7. The molecule has 0 spiro atoms. The van der Waals surface area contributed by atoms with E-state index in [4.69, 9.17) is 23.2 Å².